The zero-order valence-electron chi connectivity index (χ0n) is 39.8. The van der Waals surface area contributed by atoms with E-state index >= 15 is 0 Å². The molecule has 346 valence electrons. The highest BCUT2D eigenvalue weighted by molar-refractivity contribution is 5.76. The molecular weight excluding hydrogens is 723 g/mol. The van der Waals surface area contributed by atoms with Crippen LogP contribution in [0.5, 0.6) is 0 Å². The molecule has 2 atom stereocenters. The molecule has 0 bridgehead atoms. The summed E-state index contributed by atoms with van der Waals surface area (Å²) in [5, 5.41) is 23.1. The first kappa shape index (κ1) is 57.3. The molecule has 3 N–H and O–H groups in total. The Hall–Kier alpha value is -1.65. The molecule has 0 aromatic rings. The first-order valence-corrected chi connectivity index (χ1v) is 26.4. The Morgan fingerprint density at radius 1 is 0.390 bits per heavy atom. The second kappa shape index (κ2) is 50.7. The Balaban J connectivity index is 3.58. The van der Waals surface area contributed by atoms with Crippen molar-refractivity contribution in [2.45, 2.75) is 289 Å². The van der Waals surface area contributed by atoms with Gasteiger partial charge in [0.25, 0.3) is 0 Å². The molecule has 0 saturated heterocycles. The molecule has 0 radical (unpaired) electrons. The van der Waals surface area contributed by atoms with Gasteiger partial charge in [-0.15, -0.1) is 0 Å². The predicted octanol–water partition coefficient (Wildman–Crippen LogP) is 17.1. The van der Waals surface area contributed by atoms with Gasteiger partial charge in [0.1, 0.15) is 0 Å². The van der Waals surface area contributed by atoms with Gasteiger partial charge in [-0.25, -0.2) is 0 Å². The van der Waals surface area contributed by atoms with Crippen LogP contribution in [0.3, 0.4) is 0 Å². The van der Waals surface area contributed by atoms with E-state index < -0.39 is 12.1 Å². The van der Waals surface area contributed by atoms with Crippen molar-refractivity contribution in [2.24, 2.45) is 0 Å². The molecule has 0 aromatic heterocycles. The summed E-state index contributed by atoms with van der Waals surface area (Å²) in [5.74, 6) is -0.0784. The van der Waals surface area contributed by atoms with Crippen LogP contribution in [-0.4, -0.2) is 34.9 Å². The number of allylic oxidation sites excluding steroid dienone is 7. The predicted molar refractivity (Wildman–Crippen MR) is 262 cm³/mol. The molecule has 4 heteroatoms. The lowest BCUT2D eigenvalue weighted by Crippen LogP contribution is -2.45. The number of hydrogen-bond donors (Lipinski definition) is 3. The van der Waals surface area contributed by atoms with E-state index in [-0.39, 0.29) is 12.5 Å². The monoisotopic (exact) mass is 826 g/mol. The smallest absolute Gasteiger partial charge is 0.220 e. The van der Waals surface area contributed by atoms with Gasteiger partial charge in [-0.2, -0.15) is 0 Å². The topological polar surface area (TPSA) is 69.6 Å². The second-order valence-corrected chi connectivity index (χ2v) is 17.9. The number of rotatable bonds is 48. The quantitative estimate of drug-likeness (QED) is 0.0423. The van der Waals surface area contributed by atoms with Gasteiger partial charge in [0.15, 0.2) is 0 Å². The zero-order valence-corrected chi connectivity index (χ0v) is 39.8. The van der Waals surface area contributed by atoms with E-state index in [9.17, 15) is 15.0 Å². The van der Waals surface area contributed by atoms with Crippen molar-refractivity contribution >= 4 is 5.91 Å². The van der Waals surface area contributed by atoms with Crippen LogP contribution in [0.15, 0.2) is 48.6 Å². The van der Waals surface area contributed by atoms with Crippen LogP contribution < -0.4 is 5.32 Å². The molecule has 0 heterocycles. The fourth-order valence-electron chi connectivity index (χ4n) is 7.97. The van der Waals surface area contributed by atoms with Crippen LogP contribution in [0.1, 0.15) is 277 Å². The Kier molecular flexibility index (Phi) is 49.3. The number of amides is 1. The average Bonchev–Trinajstić information content (AvgIpc) is 3.24. The van der Waals surface area contributed by atoms with Gasteiger partial charge in [0.2, 0.25) is 5.91 Å². The van der Waals surface area contributed by atoms with Crippen LogP contribution >= 0.6 is 0 Å². The van der Waals surface area contributed by atoms with Gasteiger partial charge >= 0.3 is 0 Å². The Morgan fingerprint density at radius 2 is 0.661 bits per heavy atom. The SMILES string of the molecule is CCCCCCCCCC/C=C\CCCCCCCCCCCC(=O)NC(CO)C(O)/C=C/CC/C=C/CC/C=C/CCCCCCCCCCCCCCCCCC. The minimum absolute atomic E-state index is 0.0784. The molecule has 4 nitrogen and oxygen atoms in total. The standard InChI is InChI=1S/C55H103NO3/c1-3-5-7-9-11-13-15-17-19-21-23-25-26-27-28-29-31-32-34-36-38-40-42-44-46-48-50-54(58)53(52-57)56-55(59)51-49-47-45-43-41-39-37-35-33-30-24-22-20-18-16-14-12-10-8-6-4-2/h22,24,32,34,40,42,48,50,53-54,57-58H,3-21,23,25-31,33,35-39,41,43-47,49,51-52H2,1-2H3,(H,56,59)/b24-22-,34-32+,42-40+,50-48+. The third-order valence-corrected chi connectivity index (χ3v) is 12.0. The van der Waals surface area contributed by atoms with Crippen molar-refractivity contribution in [1.82, 2.24) is 5.32 Å². The van der Waals surface area contributed by atoms with Crippen molar-refractivity contribution in [3.63, 3.8) is 0 Å². The molecule has 0 aromatic carbocycles. The summed E-state index contributed by atoms with van der Waals surface area (Å²) in [7, 11) is 0. The molecule has 0 rings (SSSR count). The Bertz CT molecular complexity index is 939. The van der Waals surface area contributed by atoms with E-state index in [0.717, 1.165) is 38.5 Å². The molecule has 59 heavy (non-hydrogen) atoms. The molecule has 0 aliphatic heterocycles. The molecule has 0 fully saturated rings. The van der Waals surface area contributed by atoms with E-state index in [1.54, 1.807) is 6.08 Å². The zero-order chi connectivity index (χ0) is 42.8. The minimum atomic E-state index is -0.872. The average molecular weight is 826 g/mol. The van der Waals surface area contributed by atoms with Crippen molar-refractivity contribution in [2.75, 3.05) is 6.61 Å². The summed E-state index contributed by atoms with van der Waals surface area (Å²) in [6.07, 6.45) is 69.7. The second-order valence-electron chi connectivity index (χ2n) is 17.9. The molecule has 1 amide bonds. The summed E-state index contributed by atoms with van der Waals surface area (Å²) in [6, 6.07) is -0.648. The fraction of sp³-hybridized carbons (Fsp3) is 0.836. The van der Waals surface area contributed by atoms with Gasteiger partial charge in [-0.05, 0) is 70.6 Å². The molecule has 0 spiro atoms. The number of unbranched alkanes of at least 4 members (excludes halogenated alkanes) is 35. The van der Waals surface area contributed by atoms with Crippen molar-refractivity contribution < 1.29 is 15.0 Å². The van der Waals surface area contributed by atoms with Gasteiger partial charge in [-0.1, -0.05) is 249 Å². The highest BCUT2D eigenvalue weighted by atomic mass is 16.3. The maximum Gasteiger partial charge on any atom is 0.220 e. The van der Waals surface area contributed by atoms with E-state index in [2.05, 4.69) is 55.6 Å². The van der Waals surface area contributed by atoms with Gasteiger partial charge < -0.3 is 15.5 Å². The van der Waals surface area contributed by atoms with Crippen molar-refractivity contribution in [3.05, 3.63) is 48.6 Å². The number of nitrogens with one attached hydrogen (secondary N) is 1. The normalized spacial score (nSPS) is 13.2. The molecule has 0 saturated carbocycles. The lowest BCUT2D eigenvalue weighted by atomic mass is 10.0. The van der Waals surface area contributed by atoms with Gasteiger partial charge in [-0.3, -0.25) is 4.79 Å². The van der Waals surface area contributed by atoms with Crippen LogP contribution in [0.25, 0.3) is 0 Å². The van der Waals surface area contributed by atoms with Crippen molar-refractivity contribution in [1.29, 1.82) is 0 Å². The summed E-state index contributed by atoms with van der Waals surface area (Å²) >= 11 is 0. The highest BCUT2D eigenvalue weighted by Crippen LogP contribution is 2.16. The molecule has 2 unspecified atom stereocenters. The van der Waals surface area contributed by atoms with Crippen LogP contribution in [0.2, 0.25) is 0 Å². The number of carbonyl (C=O) groups is 1. The number of aliphatic hydroxyl groups is 2. The van der Waals surface area contributed by atoms with E-state index in [4.69, 9.17) is 0 Å². The summed E-state index contributed by atoms with van der Waals surface area (Å²) in [4.78, 5) is 12.4. The minimum Gasteiger partial charge on any atom is -0.394 e. The van der Waals surface area contributed by atoms with E-state index in [1.165, 1.54) is 218 Å². The van der Waals surface area contributed by atoms with E-state index in [1.807, 2.05) is 6.08 Å². The van der Waals surface area contributed by atoms with Crippen LogP contribution in [0.4, 0.5) is 0 Å². The summed E-state index contributed by atoms with van der Waals surface area (Å²) in [5.41, 5.74) is 0. The van der Waals surface area contributed by atoms with Crippen molar-refractivity contribution in [3.8, 4) is 0 Å². The summed E-state index contributed by atoms with van der Waals surface area (Å²) in [6.45, 7) is 4.31. The van der Waals surface area contributed by atoms with E-state index in [0.29, 0.717) is 6.42 Å². The molecule has 0 aliphatic rings. The first-order valence-electron chi connectivity index (χ1n) is 26.4. The highest BCUT2D eigenvalue weighted by Gasteiger charge is 2.17. The first-order chi connectivity index (χ1) is 29.2. The molecule has 0 aliphatic carbocycles. The third-order valence-electron chi connectivity index (χ3n) is 12.0. The number of hydrogen-bond acceptors (Lipinski definition) is 3. The Morgan fingerprint density at radius 3 is 0.983 bits per heavy atom. The van der Waals surface area contributed by atoms with Crippen LogP contribution in [0, 0.1) is 0 Å². The van der Waals surface area contributed by atoms with Gasteiger partial charge in [0.05, 0.1) is 18.8 Å². The number of carbonyl (C=O) groups excluding carboxylic acids is 1. The lowest BCUT2D eigenvalue weighted by molar-refractivity contribution is -0.123. The summed E-state index contributed by atoms with van der Waals surface area (Å²) < 4.78 is 0. The number of aliphatic hydroxyl groups excluding tert-OH is 2. The largest absolute Gasteiger partial charge is 0.394 e. The maximum atomic E-state index is 12.4. The van der Waals surface area contributed by atoms with Gasteiger partial charge in [0, 0.05) is 6.42 Å². The third kappa shape index (κ3) is 47.3. The van der Waals surface area contributed by atoms with Crippen LogP contribution in [-0.2, 0) is 4.79 Å². The fourth-order valence-corrected chi connectivity index (χ4v) is 7.97. The maximum absolute atomic E-state index is 12.4. The Labute approximate surface area is 369 Å². The molecular formula is C55H103NO3. The lowest BCUT2D eigenvalue weighted by Gasteiger charge is -2.19.